The van der Waals surface area contributed by atoms with E-state index in [1.54, 1.807) is 29.4 Å². The average Bonchev–Trinajstić information content (AvgIpc) is 3.25. The van der Waals surface area contributed by atoms with Gasteiger partial charge in [0, 0.05) is 25.2 Å². The molecule has 24 heavy (non-hydrogen) atoms. The molecule has 6 nitrogen and oxygen atoms in total. The van der Waals surface area contributed by atoms with Gasteiger partial charge in [-0.1, -0.05) is 0 Å². The second-order valence-corrected chi connectivity index (χ2v) is 7.34. The van der Waals surface area contributed by atoms with E-state index in [0.29, 0.717) is 5.69 Å². The van der Waals surface area contributed by atoms with Gasteiger partial charge >= 0.3 is 0 Å². The quantitative estimate of drug-likeness (QED) is 0.790. The highest BCUT2D eigenvalue weighted by atomic mass is 32.1. The molecule has 126 valence electrons. The molecule has 0 aliphatic heterocycles. The lowest BCUT2D eigenvalue weighted by atomic mass is 10.2. The van der Waals surface area contributed by atoms with Crippen LogP contribution < -0.4 is 0 Å². The number of hydrogen-bond donors (Lipinski definition) is 1. The average molecular weight is 343 g/mol. The fourth-order valence-corrected chi connectivity index (χ4v) is 3.68. The molecule has 0 aliphatic rings. The molecule has 0 spiro atoms. The van der Waals surface area contributed by atoms with E-state index < -0.39 is 0 Å². The number of nitrogens with one attached hydrogen (secondary N) is 1. The Balaban J connectivity index is 1.82. The van der Waals surface area contributed by atoms with E-state index >= 15 is 0 Å². The van der Waals surface area contributed by atoms with E-state index in [4.69, 9.17) is 0 Å². The monoisotopic (exact) mass is 343 g/mol. The third-order valence-corrected chi connectivity index (χ3v) is 5.15. The number of aromatic amines is 1. The molecule has 1 amide bonds. The number of nitrogens with zero attached hydrogens (tertiary/aromatic N) is 4. The molecule has 0 radical (unpaired) electrons. The maximum Gasteiger partial charge on any atom is 0.272 e. The van der Waals surface area contributed by atoms with Crippen LogP contribution in [-0.4, -0.2) is 37.6 Å². The van der Waals surface area contributed by atoms with Crippen molar-refractivity contribution in [3.05, 3.63) is 45.7 Å². The second-order valence-electron chi connectivity index (χ2n) is 5.94. The second kappa shape index (κ2) is 6.24. The van der Waals surface area contributed by atoms with Crippen molar-refractivity contribution in [3.63, 3.8) is 0 Å². The number of H-pyrrole nitrogens is 1. The van der Waals surface area contributed by atoms with Crippen LogP contribution in [0, 0.1) is 13.8 Å². The van der Waals surface area contributed by atoms with Crippen molar-refractivity contribution in [3.8, 4) is 11.4 Å². The standard InChI is InChI=1S/C17H21N5OS/c1-10(16-11(2)24-12(3)18-16)22(5)17(23)14-9-13(19-20-14)15-7-6-8-21(15)4/h6-10H,1-5H3,(H,19,20). The van der Waals surface area contributed by atoms with Crippen LogP contribution in [-0.2, 0) is 7.05 Å². The van der Waals surface area contributed by atoms with Crippen molar-refractivity contribution in [2.45, 2.75) is 26.8 Å². The van der Waals surface area contributed by atoms with Gasteiger partial charge in [-0.2, -0.15) is 5.10 Å². The van der Waals surface area contributed by atoms with Gasteiger partial charge in [0.15, 0.2) is 0 Å². The van der Waals surface area contributed by atoms with Gasteiger partial charge in [0.05, 0.1) is 22.4 Å². The summed E-state index contributed by atoms with van der Waals surface area (Å²) in [7, 11) is 3.75. The maximum atomic E-state index is 12.8. The molecule has 0 fully saturated rings. The van der Waals surface area contributed by atoms with Crippen LogP contribution in [0.1, 0.15) is 39.0 Å². The minimum Gasteiger partial charge on any atom is -0.349 e. The number of rotatable bonds is 4. The fraction of sp³-hybridized carbons (Fsp3) is 0.353. The molecule has 0 saturated carbocycles. The van der Waals surface area contributed by atoms with Crippen LogP contribution in [0.3, 0.4) is 0 Å². The molecular formula is C17H21N5OS. The Kier molecular flexibility index (Phi) is 4.28. The van der Waals surface area contributed by atoms with Crippen molar-refractivity contribution in [1.29, 1.82) is 0 Å². The smallest absolute Gasteiger partial charge is 0.272 e. The SMILES string of the molecule is Cc1nc(C(C)N(C)C(=O)c2cc(-c3cccn3C)n[nH]2)c(C)s1. The first-order valence-corrected chi connectivity index (χ1v) is 8.58. The van der Waals surface area contributed by atoms with Gasteiger partial charge < -0.3 is 9.47 Å². The number of aromatic nitrogens is 4. The van der Waals surface area contributed by atoms with Gasteiger partial charge in [0.2, 0.25) is 0 Å². The van der Waals surface area contributed by atoms with Gasteiger partial charge in [-0.3, -0.25) is 9.89 Å². The van der Waals surface area contributed by atoms with Gasteiger partial charge in [0.25, 0.3) is 5.91 Å². The van der Waals surface area contributed by atoms with E-state index in [1.807, 2.05) is 50.7 Å². The zero-order chi connectivity index (χ0) is 17.4. The minimum atomic E-state index is -0.0967. The molecule has 3 rings (SSSR count). The van der Waals surface area contributed by atoms with Gasteiger partial charge in [0.1, 0.15) is 11.4 Å². The molecule has 0 aromatic carbocycles. The lowest BCUT2D eigenvalue weighted by Crippen LogP contribution is -2.30. The minimum absolute atomic E-state index is 0.0933. The van der Waals surface area contributed by atoms with E-state index in [-0.39, 0.29) is 11.9 Å². The van der Waals surface area contributed by atoms with Crippen molar-refractivity contribution < 1.29 is 4.79 Å². The lowest BCUT2D eigenvalue weighted by molar-refractivity contribution is 0.0734. The summed E-state index contributed by atoms with van der Waals surface area (Å²) in [5, 5.41) is 8.14. The Morgan fingerprint density at radius 1 is 1.42 bits per heavy atom. The molecule has 0 bridgehead atoms. The van der Waals surface area contributed by atoms with Crippen LogP contribution in [0.4, 0.5) is 0 Å². The number of hydrogen-bond acceptors (Lipinski definition) is 4. The Morgan fingerprint density at radius 2 is 2.17 bits per heavy atom. The topological polar surface area (TPSA) is 66.8 Å². The Labute approximate surface area is 145 Å². The summed E-state index contributed by atoms with van der Waals surface area (Å²) in [6, 6.07) is 5.62. The Hall–Kier alpha value is -2.41. The number of thiazole rings is 1. The summed E-state index contributed by atoms with van der Waals surface area (Å²) in [5.74, 6) is -0.0967. The van der Waals surface area contributed by atoms with Gasteiger partial charge in [-0.05, 0) is 39.0 Å². The molecule has 1 atom stereocenters. The van der Waals surface area contributed by atoms with Crippen LogP contribution in [0.2, 0.25) is 0 Å². The highest BCUT2D eigenvalue weighted by molar-refractivity contribution is 7.11. The van der Waals surface area contributed by atoms with E-state index in [2.05, 4.69) is 15.2 Å². The van der Waals surface area contributed by atoms with Crippen molar-refractivity contribution in [1.82, 2.24) is 24.6 Å². The fourth-order valence-electron chi connectivity index (χ4n) is 2.77. The van der Waals surface area contributed by atoms with E-state index in [9.17, 15) is 4.79 Å². The zero-order valence-corrected chi connectivity index (χ0v) is 15.3. The number of carbonyl (C=O) groups is 1. The highest BCUT2D eigenvalue weighted by Gasteiger charge is 2.24. The number of amides is 1. The first kappa shape index (κ1) is 16.4. The largest absolute Gasteiger partial charge is 0.349 e. The first-order chi connectivity index (χ1) is 11.4. The molecular weight excluding hydrogens is 322 g/mol. The summed E-state index contributed by atoms with van der Waals surface area (Å²) in [5.41, 5.74) is 3.15. The normalized spacial score (nSPS) is 12.4. The molecule has 7 heteroatoms. The first-order valence-electron chi connectivity index (χ1n) is 7.76. The third kappa shape index (κ3) is 2.87. The van der Waals surface area contributed by atoms with Gasteiger partial charge in [-0.15, -0.1) is 11.3 Å². The Bertz CT molecular complexity index is 875. The van der Waals surface area contributed by atoms with Crippen molar-refractivity contribution in [2.75, 3.05) is 7.05 Å². The lowest BCUT2D eigenvalue weighted by Gasteiger charge is -2.23. The summed E-state index contributed by atoms with van der Waals surface area (Å²) in [4.78, 5) is 20.2. The molecule has 0 aliphatic carbocycles. The maximum absolute atomic E-state index is 12.8. The predicted molar refractivity (Wildman–Crippen MR) is 95.1 cm³/mol. The Morgan fingerprint density at radius 3 is 2.75 bits per heavy atom. The molecule has 1 N–H and O–H groups in total. The number of carbonyl (C=O) groups excluding carboxylic acids is 1. The summed E-state index contributed by atoms with van der Waals surface area (Å²) in [6.07, 6.45) is 1.95. The summed E-state index contributed by atoms with van der Waals surface area (Å²) >= 11 is 1.65. The van der Waals surface area contributed by atoms with Crippen LogP contribution in [0.5, 0.6) is 0 Å². The van der Waals surface area contributed by atoms with Crippen LogP contribution >= 0.6 is 11.3 Å². The zero-order valence-electron chi connectivity index (χ0n) is 14.5. The summed E-state index contributed by atoms with van der Waals surface area (Å²) < 4.78 is 1.97. The molecule has 3 aromatic heterocycles. The third-order valence-electron chi connectivity index (χ3n) is 4.25. The van der Waals surface area contributed by atoms with Crippen molar-refractivity contribution >= 4 is 17.2 Å². The molecule has 0 saturated heterocycles. The predicted octanol–water partition coefficient (Wildman–Crippen LogP) is 3.32. The summed E-state index contributed by atoms with van der Waals surface area (Å²) in [6.45, 7) is 6.02. The van der Waals surface area contributed by atoms with E-state index in [1.165, 1.54) is 0 Å². The molecule has 3 heterocycles. The molecule has 1 unspecified atom stereocenters. The van der Waals surface area contributed by atoms with Crippen LogP contribution in [0.25, 0.3) is 11.4 Å². The van der Waals surface area contributed by atoms with Crippen molar-refractivity contribution in [2.24, 2.45) is 7.05 Å². The molecule has 3 aromatic rings. The highest BCUT2D eigenvalue weighted by Crippen LogP contribution is 2.27. The van der Waals surface area contributed by atoms with E-state index in [0.717, 1.165) is 27.0 Å². The van der Waals surface area contributed by atoms with Gasteiger partial charge in [-0.25, -0.2) is 4.98 Å². The number of aryl methyl sites for hydroxylation is 3. The van der Waals surface area contributed by atoms with Crippen LogP contribution in [0.15, 0.2) is 24.4 Å².